The second-order valence-corrected chi connectivity index (χ2v) is 5.74. The molecule has 0 amide bonds. The Kier molecular flexibility index (Phi) is 3.42. The molecule has 5 heteroatoms. The van der Waals surface area contributed by atoms with Crippen molar-refractivity contribution in [3.63, 3.8) is 0 Å². The molecule has 0 bridgehead atoms. The lowest BCUT2D eigenvalue weighted by Crippen LogP contribution is -2.29. The van der Waals surface area contributed by atoms with Gasteiger partial charge in [0.05, 0.1) is 6.04 Å². The van der Waals surface area contributed by atoms with Gasteiger partial charge in [0.2, 0.25) is 0 Å². The normalized spacial score (nSPS) is 15.3. The van der Waals surface area contributed by atoms with Crippen LogP contribution in [0.2, 0.25) is 0 Å². The molecule has 2 aromatic rings. The van der Waals surface area contributed by atoms with Gasteiger partial charge >= 0.3 is 0 Å². The fraction of sp³-hybridized carbons (Fsp3) is 0.286. The summed E-state index contributed by atoms with van der Waals surface area (Å²) in [5.41, 5.74) is 3.89. The van der Waals surface area contributed by atoms with E-state index in [1.807, 2.05) is 18.2 Å². The van der Waals surface area contributed by atoms with E-state index in [2.05, 4.69) is 24.5 Å². The van der Waals surface area contributed by atoms with E-state index in [-0.39, 0.29) is 6.04 Å². The lowest BCUT2D eigenvalue weighted by atomic mass is 10.0. The zero-order chi connectivity index (χ0) is 13.2. The molecule has 1 unspecified atom stereocenters. The third kappa shape index (κ3) is 2.32. The minimum atomic E-state index is -0.0737. The van der Waals surface area contributed by atoms with Crippen molar-refractivity contribution in [1.82, 2.24) is 5.43 Å². The zero-order valence-corrected chi connectivity index (χ0v) is 11.5. The van der Waals surface area contributed by atoms with Crippen molar-refractivity contribution in [3.05, 3.63) is 45.6 Å². The summed E-state index contributed by atoms with van der Waals surface area (Å²) in [5.74, 6) is 7.32. The molecule has 19 heavy (non-hydrogen) atoms. The van der Waals surface area contributed by atoms with Gasteiger partial charge in [-0.3, -0.25) is 5.84 Å². The highest BCUT2D eigenvalue weighted by molar-refractivity contribution is 7.12. The summed E-state index contributed by atoms with van der Waals surface area (Å²) >= 11 is 1.73. The highest BCUT2D eigenvalue weighted by atomic mass is 32.1. The van der Waals surface area contributed by atoms with Crippen LogP contribution in [-0.2, 0) is 0 Å². The predicted octanol–water partition coefficient (Wildman–Crippen LogP) is 2.38. The number of hydrogen-bond donors (Lipinski definition) is 2. The molecule has 100 valence electrons. The summed E-state index contributed by atoms with van der Waals surface area (Å²) in [7, 11) is 0. The lowest BCUT2D eigenvalue weighted by molar-refractivity contribution is 0.169. The van der Waals surface area contributed by atoms with Crippen molar-refractivity contribution in [2.24, 2.45) is 5.84 Å². The fourth-order valence-corrected chi connectivity index (χ4v) is 3.21. The number of rotatable bonds is 3. The quantitative estimate of drug-likeness (QED) is 0.667. The van der Waals surface area contributed by atoms with E-state index in [1.54, 1.807) is 11.3 Å². The van der Waals surface area contributed by atoms with Gasteiger partial charge < -0.3 is 9.47 Å². The third-order valence-electron chi connectivity index (χ3n) is 3.12. The topological polar surface area (TPSA) is 56.5 Å². The molecule has 1 atom stereocenters. The highest BCUT2D eigenvalue weighted by Gasteiger charge is 2.23. The van der Waals surface area contributed by atoms with E-state index < -0.39 is 0 Å². The van der Waals surface area contributed by atoms with E-state index >= 15 is 0 Å². The number of benzene rings is 1. The van der Waals surface area contributed by atoms with Crippen LogP contribution in [-0.4, -0.2) is 13.2 Å². The molecule has 3 rings (SSSR count). The van der Waals surface area contributed by atoms with Gasteiger partial charge in [0, 0.05) is 15.3 Å². The van der Waals surface area contributed by atoms with Crippen LogP contribution in [0, 0.1) is 6.92 Å². The van der Waals surface area contributed by atoms with Gasteiger partial charge in [0.15, 0.2) is 11.5 Å². The van der Waals surface area contributed by atoms with Gasteiger partial charge in [-0.2, -0.15) is 0 Å². The summed E-state index contributed by atoms with van der Waals surface area (Å²) in [4.78, 5) is 2.43. The molecule has 2 heterocycles. The van der Waals surface area contributed by atoms with Crippen LogP contribution < -0.4 is 20.7 Å². The Morgan fingerprint density at radius 1 is 1.21 bits per heavy atom. The molecule has 1 aromatic heterocycles. The average Bonchev–Trinajstić information content (AvgIpc) is 2.86. The van der Waals surface area contributed by atoms with Gasteiger partial charge in [-0.1, -0.05) is 12.1 Å². The molecule has 0 aliphatic carbocycles. The van der Waals surface area contributed by atoms with Gasteiger partial charge in [-0.05, 0) is 25.1 Å². The van der Waals surface area contributed by atoms with Crippen molar-refractivity contribution in [2.75, 3.05) is 13.2 Å². The number of ether oxygens (including phenoxy) is 2. The number of nitrogens with two attached hydrogens (primary N) is 1. The lowest BCUT2D eigenvalue weighted by Gasteiger charge is -2.24. The van der Waals surface area contributed by atoms with Crippen LogP contribution >= 0.6 is 11.3 Å². The number of nitrogens with one attached hydrogen (secondary N) is 1. The summed E-state index contributed by atoms with van der Waals surface area (Å²) in [6.45, 7) is 3.25. The molecule has 0 fully saturated rings. The minimum Gasteiger partial charge on any atom is -0.486 e. The van der Waals surface area contributed by atoms with Crippen LogP contribution in [0.1, 0.15) is 21.4 Å². The van der Waals surface area contributed by atoms with Crippen LogP contribution in [0.15, 0.2) is 30.3 Å². The van der Waals surface area contributed by atoms with Crippen molar-refractivity contribution in [3.8, 4) is 11.5 Å². The number of aryl methyl sites for hydroxylation is 1. The minimum absolute atomic E-state index is 0.0737. The van der Waals surface area contributed by atoms with E-state index in [9.17, 15) is 0 Å². The Hall–Kier alpha value is -1.56. The summed E-state index contributed by atoms with van der Waals surface area (Å²) < 4.78 is 11.4. The largest absolute Gasteiger partial charge is 0.486 e. The molecule has 3 N–H and O–H groups in total. The van der Waals surface area contributed by atoms with Gasteiger partial charge in [0.25, 0.3) is 0 Å². The Morgan fingerprint density at radius 3 is 2.79 bits per heavy atom. The first kappa shape index (κ1) is 12.5. The van der Waals surface area contributed by atoms with E-state index in [4.69, 9.17) is 15.3 Å². The van der Waals surface area contributed by atoms with E-state index in [1.165, 1.54) is 9.75 Å². The van der Waals surface area contributed by atoms with Crippen LogP contribution in [0.3, 0.4) is 0 Å². The number of para-hydroxylation sites is 1. The van der Waals surface area contributed by atoms with E-state index in [0.29, 0.717) is 13.2 Å². The summed E-state index contributed by atoms with van der Waals surface area (Å²) in [5, 5.41) is 0. The first-order chi connectivity index (χ1) is 9.29. The maximum absolute atomic E-state index is 5.75. The van der Waals surface area contributed by atoms with Crippen molar-refractivity contribution < 1.29 is 9.47 Å². The van der Waals surface area contributed by atoms with Crippen LogP contribution in [0.5, 0.6) is 11.5 Å². The molecule has 0 saturated carbocycles. The molecular formula is C14H16N2O2S. The number of fused-ring (bicyclic) bond motifs is 1. The smallest absolute Gasteiger partial charge is 0.166 e. The fourth-order valence-electron chi connectivity index (χ4n) is 2.26. The second kappa shape index (κ2) is 5.21. The van der Waals surface area contributed by atoms with Gasteiger partial charge in [0.1, 0.15) is 13.2 Å². The van der Waals surface area contributed by atoms with Crippen molar-refractivity contribution in [1.29, 1.82) is 0 Å². The first-order valence-electron chi connectivity index (χ1n) is 6.20. The molecule has 0 spiro atoms. The molecule has 4 nitrogen and oxygen atoms in total. The number of hydrazine groups is 1. The Labute approximate surface area is 116 Å². The standard InChI is InChI=1S/C14H16N2O2S/c1-9-5-6-12(19-9)13(16-15)10-3-2-4-11-14(10)18-8-7-17-11/h2-6,13,16H,7-8,15H2,1H3. The molecule has 1 aromatic carbocycles. The van der Waals surface area contributed by atoms with Crippen molar-refractivity contribution >= 4 is 11.3 Å². The van der Waals surface area contributed by atoms with E-state index in [0.717, 1.165) is 17.1 Å². The Balaban J connectivity index is 2.04. The maximum Gasteiger partial charge on any atom is 0.166 e. The second-order valence-electron chi connectivity index (χ2n) is 4.42. The Morgan fingerprint density at radius 2 is 2.05 bits per heavy atom. The zero-order valence-electron chi connectivity index (χ0n) is 10.7. The first-order valence-corrected chi connectivity index (χ1v) is 7.02. The SMILES string of the molecule is Cc1ccc(C(NN)c2cccc3c2OCCO3)s1. The maximum atomic E-state index is 5.75. The summed E-state index contributed by atoms with van der Waals surface area (Å²) in [6, 6.07) is 10.0. The van der Waals surface area contributed by atoms with Crippen molar-refractivity contribution in [2.45, 2.75) is 13.0 Å². The van der Waals surface area contributed by atoms with Gasteiger partial charge in [-0.25, -0.2) is 5.43 Å². The summed E-state index contributed by atoms with van der Waals surface area (Å²) in [6.07, 6.45) is 0. The van der Waals surface area contributed by atoms with Gasteiger partial charge in [-0.15, -0.1) is 11.3 Å². The third-order valence-corrected chi connectivity index (χ3v) is 4.19. The number of thiophene rings is 1. The average molecular weight is 276 g/mol. The monoisotopic (exact) mass is 276 g/mol. The molecular weight excluding hydrogens is 260 g/mol. The van der Waals surface area contributed by atoms with Crippen LogP contribution in [0.4, 0.5) is 0 Å². The molecule has 0 saturated heterocycles. The predicted molar refractivity (Wildman–Crippen MR) is 75.7 cm³/mol. The van der Waals surface area contributed by atoms with Crippen LogP contribution in [0.25, 0.3) is 0 Å². The number of hydrogen-bond acceptors (Lipinski definition) is 5. The Bertz CT molecular complexity index is 583. The molecule has 1 aliphatic rings. The molecule has 1 aliphatic heterocycles. The highest BCUT2D eigenvalue weighted by Crippen LogP contribution is 2.40. The molecule has 0 radical (unpaired) electrons.